The molecule has 2 aromatic rings. The molecule has 1 aliphatic rings. The largest absolute Gasteiger partial charge is 0.377 e. The van der Waals surface area contributed by atoms with Crippen LogP contribution in [0.2, 0.25) is 0 Å². The zero-order valence-electron chi connectivity index (χ0n) is 18.1. The third kappa shape index (κ3) is 5.09. The van der Waals surface area contributed by atoms with E-state index in [9.17, 15) is 13.2 Å². The summed E-state index contributed by atoms with van der Waals surface area (Å²) in [4.78, 5) is 13.0. The lowest BCUT2D eigenvalue weighted by Crippen LogP contribution is -2.42. The summed E-state index contributed by atoms with van der Waals surface area (Å²) in [6, 6.07) is 10.7. The maximum Gasteiger partial charge on any atom is 0.243 e. The fourth-order valence-electron chi connectivity index (χ4n) is 3.52. The molecule has 3 rings (SSSR count). The SMILES string of the molecule is Cc1ccc(S(=O)(=O)N(CC(=O)Nc2cccc(C)c2C)CC2CCCO2)cc1C. The Bertz CT molecular complexity index is 1030. The highest BCUT2D eigenvalue weighted by Crippen LogP contribution is 2.23. The van der Waals surface area contributed by atoms with Crippen molar-refractivity contribution in [1.82, 2.24) is 4.31 Å². The molecular weight excluding hydrogens is 400 g/mol. The summed E-state index contributed by atoms with van der Waals surface area (Å²) < 4.78 is 33.7. The number of hydrogen-bond acceptors (Lipinski definition) is 4. The maximum atomic E-state index is 13.4. The fourth-order valence-corrected chi connectivity index (χ4v) is 5.04. The molecule has 1 aliphatic heterocycles. The molecule has 1 fully saturated rings. The van der Waals surface area contributed by atoms with Gasteiger partial charge in [0, 0.05) is 18.8 Å². The minimum atomic E-state index is -3.84. The van der Waals surface area contributed by atoms with Crippen LogP contribution in [-0.2, 0) is 19.6 Å². The third-order valence-corrected chi connectivity index (χ3v) is 7.55. The lowest BCUT2D eigenvalue weighted by Gasteiger charge is -2.25. The molecule has 30 heavy (non-hydrogen) atoms. The number of anilines is 1. The first-order valence-electron chi connectivity index (χ1n) is 10.2. The van der Waals surface area contributed by atoms with Crippen LogP contribution in [-0.4, -0.2) is 44.4 Å². The van der Waals surface area contributed by atoms with Gasteiger partial charge in [-0.1, -0.05) is 18.2 Å². The van der Waals surface area contributed by atoms with Gasteiger partial charge >= 0.3 is 0 Å². The van der Waals surface area contributed by atoms with Crippen LogP contribution in [0.25, 0.3) is 0 Å². The first-order valence-corrected chi connectivity index (χ1v) is 11.7. The Morgan fingerprint density at radius 1 is 1.10 bits per heavy atom. The molecule has 0 spiro atoms. The highest BCUT2D eigenvalue weighted by Gasteiger charge is 2.31. The number of carbonyl (C=O) groups excluding carboxylic acids is 1. The molecule has 0 saturated carbocycles. The van der Waals surface area contributed by atoms with Crippen LogP contribution in [0.1, 0.15) is 35.1 Å². The summed E-state index contributed by atoms with van der Waals surface area (Å²) in [5.41, 5.74) is 4.64. The molecule has 162 valence electrons. The Morgan fingerprint density at radius 2 is 1.87 bits per heavy atom. The van der Waals surface area contributed by atoms with Crippen LogP contribution in [0.5, 0.6) is 0 Å². The zero-order valence-corrected chi connectivity index (χ0v) is 18.9. The summed E-state index contributed by atoms with van der Waals surface area (Å²) in [7, 11) is -3.84. The van der Waals surface area contributed by atoms with E-state index in [0.717, 1.165) is 35.1 Å². The molecule has 1 unspecified atom stereocenters. The van der Waals surface area contributed by atoms with Gasteiger partial charge in [-0.05, 0) is 81.0 Å². The van der Waals surface area contributed by atoms with E-state index < -0.39 is 10.0 Å². The molecule has 2 aromatic carbocycles. The van der Waals surface area contributed by atoms with Crippen molar-refractivity contribution in [3.05, 3.63) is 58.7 Å². The molecule has 0 aromatic heterocycles. The lowest BCUT2D eigenvalue weighted by molar-refractivity contribution is -0.116. The standard InChI is InChI=1S/C23H30N2O4S/c1-16-10-11-21(13-18(16)3)30(27,28)25(14-20-8-6-12-29-20)15-23(26)24-22-9-5-7-17(2)19(22)4/h5,7,9-11,13,20H,6,8,12,14-15H2,1-4H3,(H,24,26). The first-order chi connectivity index (χ1) is 14.2. The second-order valence-electron chi connectivity index (χ2n) is 7.97. The highest BCUT2D eigenvalue weighted by molar-refractivity contribution is 7.89. The zero-order chi connectivity index (χ0) is 21.9. The summed E-state index contributed by atoms with van der Waals surface area (Å²) in [6.45, 7) is 8.24. The van der Waals surface area contributed by atoms with Gasteiger partial charge in [-0.15, -0.1) is 0 Å². The topological polar surface area (TPSA) is 75.7 Å². The van der Waals surface area contributed by atoms with Crippen LogP contribution in [0.4, 0.5) is 5.69 Å². The Kier molecular flexibility index (Phi) is 6.95. The molecule has 1 saturated heterocycles. The van der Waals surface area contributed by atoms with Gasteiger partial charge in [-0.25, -0.2) is 8.42 Å². The second kappa shape index (κ2) is 9.29. The number of amides is 1. The van der Waals surface area contributed by atoms with Crippen molar-refractivity contribution in [2.75, 3.05) is 25.0 Å². The maximum absolute atomic E-state index is 13.4. The van der Waals surface area contributed by atoms with E-state index in [0.29, 0.717) is 12.3 Å². The van der Waals surface area contributed by atoms with Crippen molar-refractivity contribution in [3.8, 4) is 0 Å². The summed E-state index contributed by atoms with van der Waals surface area (Å²) >= 11 is 0. The normalized spacial score (nSPS) is 16.8. The number of sulfonamides is 1. The van der Waals surface area contributed by atoms with E-state index in [1.807, 2.05) is 45.9 Å². The third-order valence-electron chi connectivity index (χ3n) is 5.75. The number of nitrogens with one attached hydrogen (secondary N) is 1. The molecule has 1 amide bonds. The Morgan fingerprint density at radius 3 is 2.53 bits per heavy atom. The number of aryl methyl sites for hydroxylation is 3. The van der Waals surface area contributed by atoms with E-state index in [4.69, 9.17) is 4.74 Å². The van der Waals surface area contributed by atoms with Crippen molar-refractivity contribution >= 4 is 21.6 Å². The summed E-state index contributed by atoms with van der Waals surface area (Å²) in [6.07, 6.45) is 1.49. The Balaban J connectivity index is 1.85. The number of rotatable bonds is 7. The van der Waals surface area contributed by atoms with Gasteiger partial charge in [0.2, 0.25) is 15.9 Å². The number of hydrogen-bond donors (Lipinski definition) is 1. The minimum absolute atomic E-state index is 0.162. The van der Waals surface area contributed by atoms with Crippen LogP contribution in [0.15, 0.2) is 41.3 Å². The number of benzene rings is 2. The van der Waals surface area contributed by atoms with Gasteiger partial charge in [0.25, 0.3) is 0 Å². The summed E-state index contributed by atoms with van der Waals surface area (Å²) in [5, 5.41) is 2.86. The second-order valence-corrected chi connectivity index (χ2v) is 9.91. The number of nitrogens with zero attached hydrogens (tertiary/aromatic N) is 1. The smallest absolute Gasteiger partial charge is 0.243 e. The molecule has 1 N–H and O–H groups in total. The van der Waals surface area contributed by atoms with E-state index in [1.54, 1.807) is 18.2 Å². The van der Waals surface area contributed by atoms with E-state index in [1.165, 1.54) is 4.31 Å². The number of ether oxygens (including phenoxy) is 1. The highest BCUT2D eigenvalue weighted by atomic mass is 32.2. The average Bonchev–Trinajstić information content (AvgIpc) is 3.20. The van der Waals surface area contributed by atoms with Crippen molar-refractivity contribution in [2.45, 2.75) is 51.5 Å². The first kappa shape index (κ1) is 22.5. The molecule has 0 bridgehead atoms. The van der Waals surface area contributed by atoms with Crippen LogP contribution in [0.3, 0.4) is 0 Å². The average molecular weight is 431 g/mol. The van der Waals surface area contributed by atoms with Crippen molar-refractivity contribution < 1.29 is 17.9 Å². The summed E-state index contributed by atoms with van der Waals surface area (Å²) in [5.74, 6) is -0.367. The molecule has 6 nitrogen and oxygen atoms in total. The predicted octanol–water partition coefficient (Wildman–Crippen LogP) is 3.73. The van der Waals surface area contributed by atoms with Gasteiger partial charge in [-0.2, -0.15) is 4.31 Å². The van der Waals surface area contributed by atoms with Gasteiger partial charge in [0.05, 0.1) is 17.5 Å². The molecule has 1 atom stereocenters. The Hall–Kier alpha value is -2.22. The van der Waals surface area contributed by atoms with Crippen LogP contribution < -0.4 is 5.32 Å². The molecule has 0 radical (unpaired) electrons. The fraction of sp³-hybridized carbons (Fsp3) is 0.435. The van der Waals surface area contributed by atoms with Gasteiger partial charge in [0.1, 0.15) is 0 Å². The van der Waals surface area contributed by atoms with Gasteiger partial charge < -0.3 is 10.1 Å². The van der Waals surface area contributed by atoms with Crippen LogP contribution in [0, 0.1) is 27.7 Å². The van der Waals surface area contributed by atoms with Gasteiger partial charge in [0.15, 0.2) is 0 Å². The van der Waals surface area contributed by atoms with Crippen molar-refractivity contribution in [1.29, 1.82) is 0 Å². The minimum Gasteiger partial charge on any atom is -0.377 e. The molecule has 7 heteroatoms. The molecular formula is C23H30N2O4S. The predicted molar refractivity (Wildman–Crippen MR) is 118 cm³/mol. The number of carbonyl (C=O) groups is 1. The van der Waals surface area contributed by atoms with E-state index in [2.05, 4.69) is 5.32 Å². The lowest BCUT2D eigenvalue weighted by atomic mass is 10.1. The van der Waals surface area contributed by atoms with Crippen molar-refractivity contribution in [2.24, 2.45) is 0 Å². The quantitative estimate of drug-likeness (QED) is 0.726. The molecule has 1 heterocycles. The Labute approximate surface area is 179 Å². The van der Waals surface area contributed by atoms with E-state index >= 15 is 0 Å². The van der Waals surface area contributed by atoms with E-state index in [-0.39, 0.29) is 30.0 Å². The van der Waals surface area contributed by atoms with Crippen LogP contribution >= 0.6 is 0 Å². The van der Waals surface area contributed by atoms with Gasteiger partial charge in [-0.3, -0.25) is 4.79 Å². The van der Waals surface area contributed by atoms with Crippen molar-refractivity contribution in [3.63, 3.8) is 0 Å². The monoisotopic (exact) mass is 430 g/mol. The molecule has 0 aliphatic carbocycles.